The maximum atomic E-state index is 10.2. The van der Waals surface area contributed by atoms with Crippen LogP contribution < -0.4 is 5.32 Å². The molecule has 0 spiro atoms. The molecule has 1 saturated carbocycles. The Morgan fingerprint density at radius 2 is 2.33 bits per heavy atom. The fourth-order valence-electron chi connectivity index (χ4n) is 0.675. The molecular formula is C6H11NO2. The Hall–Kier alpha value is -0.570. The minimum Gasteiger partial charge on any atom is -0.480 e. The summed E-state index contributed by atoms with van der Waals surface area (Å²) in [4.78, 5) is 10.2. The van der Waals surface area contributed by atoms with E-state index in [0.717, 1.165) is 12.8 Å². The number of carbonyl (C=O) groups is 1. The van der Waals surface area contributed by atoms with Crippen LogP contribution in [0.4, 0.5) is 0 Å². The number of hydrogen-bond acceptors (Lipinski definition) is 2. The van der Waals surface area contributed by atoms with Crippen molar-refractivity contribution < 1.29 is 9.90 Å². The van der Waals surface area contributed by atoms with Crippen molar-refractivity contribution in [3.63, 3.8) is 0 Å². The molecule has 0 aromatic heterocycles. The van der Waals surface area contributed by atoms with Gasteiger partial charge in [0.25, 0.3) is 0 Å². The summed E-state index contributed by atoms with van der Waals surface area (Å²) in [5, 5.41) is 11.3. The number of rotatable bonds is 3. The third-order valence-electron chi connectivity index (χ3n) is 1.43. The van der Waals surface area contributed by atoms with Gasteiger partial charge in [0.2, 0.25) is 0 Å². The van der Waals surface area contributed by atoms with Gasteiger partial charge < -0.3 is 10.4 Å². The summed E-state index contributed by atoms with van der Waals surface area (Å²) in [5.41, 5.74) is 0. The van der Waals surface area contributed by atoms with Crippen LogP contribution in [-0.4, -0.2) is 23.2 Å². The van der Waals surface area contributed by atoms with E-state index in [1.807, 2.05) is 0 Å². The lowest BCUT2D eigenvalue weighted by Gasteiger charge is -2.05. The summed E-state index contributed by atoms with van der Waals surface area (Å²) in [6, 6.07) is 0.105. The van der Waals surface area contributed by atoms with E-state index in [2.05, 4.69) is 5.32 Å². The Balaban J connectivity index is 2.16. The standard InChI is InChI=1S/C6H11NO2/c1-4(6(8)9)7-5-2-3-5/h4-5,7H,2-3H2,1H3,(H,8,9). The fourth-order valence-corrected chi connectivity index (χ4v) is 0.675. The van der Waals surface area contributed by atoms with E-state index < -0.39 is 5.97 Å². The molecule has 1 fully saturated rings. The zero-order valence-electron chi connectivity index (χ0n) is 5.42. The van der Waals surface area contributed by atoms with Crippen molar-refractivity contribution in [1.29, 1.82) is 0 Å². The molecule has 0 aromatic rings. The maximum absolute atomic E-state index is 10.2. The van der Waals surface area contributed by atoms with E-state index in [1.165, 1.54) is 0 Å². The van der Waals surface area contributed by atoms with Crippen LogP contribution in [0.25, 0.3) is 0 Å². The van der Waals surface area contributed by atoms with Crippen LogP contribution >= 0.6 is 0 Å². The summed E-state index contributed by atoms with van der Waals surface area (Å²) in [5.74, 6) is -0.762. The Bertz CT molecular complexity index is 120. The molecule has 9 heavy (non-hydrogen) atoms. The molecule has 3 heteroatoms. The van der Waals surface area contributed by atoms with Gasteiger partial charge in [0, 0.05) is 6.04 Å². The van der Waals surface area contributed by atoms with Crippen LogP contribution in [0, 0.1) is 0 Å². The van der Waals surface area contributed by atoms with Crippen molar-refractivity contribution in [2.45, 2.75) is 31.8 Å². The van der Waals surface area contributed by atoms with Crippen molar-refractivity contribution in [3.05, 3.63) is 0 Å². The number of aliphatic carboxylic acids is 1. The second kappa shape index (κ2) is 2.35. The molecule has 0 saturated heterocycles. The zero-order chi connectivity index (χ0) is 6.85. The Labute approximate surface area is 54.1 Å². The first-order chi connectivity index (χ1) is 4.20. The normalized spacial score (nSPS) is 21.4. The summed E-state index contributed by atoms with van der Waals surface area (Å²) in [6.45, 7) is 1.67. The van der Waals surface area contributed by atoms with Crippen molar-refractivity contribution in [2.24, 2.45) is 0 Å². The average molecular weight is 129 g/mol. The molecule has 1 rings (SSSR count). The predicted octanol–water partition coefficient (Wildman–Crippen LogP) is 0.211. The molecule has 0 heterocycles. The minimum absolute atomic E-state index is 0.377. The summed E-state index contributed by atoms with van der Waals surface area (Å²) >= 11 is 0. The van der Waals surface area contributed by atoms with Gasteiger partial charge in [0.1, 0.15) is 6.04 Å². The third-order valence-corrected chi connectivity index (χ3v) is 1.43. The monoisotopic (exact) mass is 129 g/mol. The highest BCUT2D eigenvalue weighted by atomic mass is 16.4. The van der Waals surface area contributed by atoms with Crippen molar-refractivity contribution in [1.82, 2.24) is 5.32 Å². The molecule has 0 radical (unpaired) electrons. The minimum atomic E-state index is -0.762. The molecule has 0 aromatic carbocycles. The Morgan fingerprint density at radius 1 is 1.78 bits per heavy atom. The van der Waals surface area contributed by atoms with Crippen LogP contribution in [0.1, 0.15) is 19.8 Å². The topological polar surface area (TPSA) is 49.3 Å². The van der Waals surface area contributed by atoms with Crippen molar-refractivity contribution in [3.8, 4) is 0 Å². The van der Waals surface area contributed by atoms with Gasteiger partial charge >= 0.3 is 5.97 Å². The second-order valence-corrected chi connectivity index (χ2v) is 2.50. The first-order valence-corrected chi connectivity index (χ1v) is 3.19. The number of nitrogens with one attached hydrogen (secondary N) is 1. The first-order valence-electron chi connectivity index (χ1n) is 3.19. The van der Waals surface area contributed by atoms with Crippen LogP contribution in [0.15, 0.2) is 0 Å². The highest BCUT2D eigenvalue weighted by Gasteiger charge is 2.24. The van der Waals surface area contributed by atoms with E-state index in [9.17, 15) is 4.79 Å². The quantitative estimate of drug-likeness (QED) is 0.572. The lowest BCUT2D eigenvalue weighted by Crippen LogP contribution is -2.35. The molecule has 0 bridgehead atoms. The lowest BCUT2D eigenvalue weighted by atomic mass is 10.3. The largest absolute Gasteiger partial charge is 0.480 e. The number of carboxylic acids is 1. The molecule has 52 valence electrons. The van der Waals surface area contributed by atoms with E-state index in [-0.39, 0.29) is 6.04 Å². The molecular weight excluding hydrogens is 118 g/mol. The first kappa shape index (κ1) is 6.55. The van der Waals surface area contributed by atoms with E-state index in [4.69, 9.17) is 5.11 Å². The van der Waals surface area contributed by atoms with Crippen LogP contribution in [-0.2, 0) is 4.79 Å². The smallest absolute Gasteiger partial charge is 0.320 e. The molecule has 1 aliphatic carbocycles. The Morgan fingerprint density at radius 3 is 2.67 bits per heavy atom. The summed E-state index contributed by atoms with van der Waals surface area (Å²) in [6.07, 6.45) is 2.27. The lowest BCUT2D eigenvalue weighted by molar-refractivity contribution is -0.139. The van der Waals surface area contributed by atoms with Gasteiger partial charge in [-0.3, -0.25) is 4.79 Å². The summed E-state index contributed by atoms with van der Waals surface area (Å²) < 4.78 is 0. The number of carboxylic acid groups (broad SMARTS) is 1. The van der Waals surface area contributed by atoms with Crippen molar-refractivity contribution >= 4 is 5.97 Å². The summed E-state index contributed by atoms with van der Waals surface area (Å²) in [7, 11) is 0. The molecule has 1 aliphatic rings. The van der Waals surface area contributed by atoms with Gasteiger partial charge in [-0.25, -0.2) is 0 Å². The predicted molar refractivity (Wildman–Crippen MR) is 33.3 cm³/mol. The molecule has 0 amide bonds. The maximum Gasteiger partial charge on any atom is 0.320 e. The highest BCUT2D eigenvalue weighted by Crippen LogP contribution is 2.19. The number of hydrogen-bond donors (Lipinski definition) is 2. The van der Waals surface area contributed by atoms with E-state index >= 15 is 0 Å². The van der Waals surface area contributed by atoms with E-state index in [1.54, 1.807) is 6.92 Å². The Kier molecular flexibility index (Phi) is 1.71. The fraction of sp³-hybridized carbons (Fsp3) is 0.833. The van der Waals surface area contributed by atoms with E-state index in [0.29, 0.717) is 6.04 Å². The third kappa shape index (κ3) is 2.01. The average Bonchev–Trinajstić information content (AvgIpc) is 2.50. The highest BCUT2D eigenvalue weighted by molar-refractivity contribution is 5.72. The van der Waals surface area contributed by atoms with Gasteiger partial charge in [0.05, 0.1) is 0 Å². The molecule has 0 aliphatic heterocycles. The molecule has 3 nitrogen and oxygen atoms in total. The van der Waals surface area contributed by atoms with Gasteiger partial charge in [0.15, 0.2) is 0 Å². The van der Waals surface area contributed by atoms with Gasteiger partial charge in [-0.2, -0.15) is 0 Å². The second-order valence-electron chi connectivity index (χ2n) is 2.50. The van der Waals surface area contributed by atoms with Gasteiger partial charge in [-0.15, -0.1) is 0 Å². The van der Waals surface area contributed by atoms with Crippen LogP contribution in [0.3, 0.4) is 0 Å². The molecule has 1 unspecified atom stereocenters. The molecule has 2 N–H and O–H groups in total. The zero-order valence-corrected chi connectivity index (χ0v) is 5.42. The van der Waals surface area contributed by atoms with Gasteiger partial charge in [-0.05, 0) is 19.8 Å². The van der Waals surface area contributed by atoms with Crippen LogP contribution in [0.5, 0.6) is 0 Å². The van der Waals surface area contributed by atoms with Gasteiger partial charge in [-0.1, -0.05) is 0 Å². The SMILES string of the molecule is CC(NC1CC1)C(=O)O. The molecule has 1 atom stereocenters. The van der Waals surface area contributed by atoms with Crippen molar-refractivity contribution in [2.75, 3.05) is 0 Å². The van der Waals surface area contributed by atoms with Crippen LogP contribution in [0.2, 0.25) is 0 Å².